The first-order chi connectivity index (χ1) is 14.2. The van der Waals surface area contributed by atoms with E-state index in [1.807, 2.05) is 60.1 Å². The van der Waals surface area contributed by atoms with Crippen molar-refractivity contribution in [2.45, 2.75) is 17.2 Å². The molecule has 0 atom stereocenters. The molecule has 0 aliphatic rings. The van der Waals surface area contributed by atoms with E-state index >= 15 is 0 Å². The molecule has 1 aromatic heterocycles. The third-order valence-corrected chi connectivity index (χ3v) is 6.23. The van der Waals surface area contributed by atoms with Gasteiger partial charge in [0.05, 0.1) is 18.3 Å². The Labute approximate surface area is 177 Å². The molecular formula is C23H20N2O2S2. The van der Waals surface area contributed by atoms with Crippen LogP contribution in [0.25, 0.3) is 10.8 Å². The molecule has 0 bridgehead atoms. The van der Waals surface area contributed by atoms with E-state index < -0.39 is 0 Å². The molecule has 1 heterocycles. The van der Waals surface area contributed by atoms with E-state index in [1.54, 1.807) is 30.2 Å². The van der Waals surface area contributed by atoms with Crippen molar-refractivity contribution >= 4 is 39.8 Å². The zero-order valence-corrected chi connectivity index (χ0v) is 17.6. The monoisotopic (exact) mass is 420 g/mol. The average molecular weight is 421 g/mol. The van der Waals surface area contributed by atoms with Gasteiger partial charge in [0.15, 0.2) is 0 Å². The molecule has 29 heavy (non-hydrogen) atoms. The Hall–Kier alpha value is -2.83. The van der Waals surface area contributed by atoms with Gasteiger partial charge in [0.1, 0.15) is 5.75 Å². The summed E-state index contributed by atoms with van der Waals surface area (Å²) in [6.07, 6.45) is 0. The molecule has 1 amide bonds. The number of carbonyl (C=O) groups is 1. The number of hydrogen-bond donors (Lipinski definition) is 1. The topological polar surface area (TPSA) is 51.2 Å². The Balaban J connectivity index is 1.34. The van der Waals surface area contributed by atoms with E-state index in [0.29, 0.717) is 12.1 Å². The molecule has 3 aromatic carbocycles. The molecule has 4 nitrogen and oxygen atoms in total. The largest absolute Gasteiger partial charge is 0.497 e. The predicted octanol–water partition coefficient (Wildman–Crippen LogP) is 5.53. The standard InChI is InChI=1S/C23H20N2O2S2/c1-27-21-7-4-18-10-16(2-3-19(18)11-21)12-24-23(26)17-5-8-22(9-6-17)29-14-20-13-28-15-25-20/h2-11,13,15H,12,14H2,1H3,(H,24,26). The molecule has 1 N–H and O–H groups in total. The normalized spacial score (nSPS) is 10.8. The maximum Gasteiger partial charge on any atom is 0.251 e. The van der Waals surface area contributed by atoms with Crippen LogP contribution in [-0.4, -0.2) is 18.0 Å². The van der Waals surface area contributed by atoms with Crippen LogP contribution in [-0.2, 0) is 12.3 Å². The van der Waals surface area contributed by atoms with Crippen LogP contribution in [0.5, 0.6) is 5.75 Å². The van der Waals surface area contributed by atoms with Crippen molar-refractivity contribution in [2.75, 3.05) is 7.11 Å². The number of rotatable bonds is 7. The summed E-state index contributed by atoms with van der Waals surface area (Å²) in [5.74, 6) is 1.60. The molecule has 0 aliphatic carbocycles. The van der Waals surface area contributed by atoms with Crippen molar-refractivity contribution in [1.82, 2.24) is 10.3 Å². The molecular weight excluding hydrogens is 400 g/mol. The highest BCUT2D eigenvalue weighted by molar-refractivity contribution is 7.98. The molecule has 0 aliphatic heterocycles. The highest BCUT2D eigenvalue weighted by Gasteiger charge is 2.07. The summed E-state index contributed by atoms with van der Waals surface area (Å²) in [5, 5.41) is 7.29. The lowest BCUT2D eigenvalue weighted by molar-refractivity contribution is 0.0951. The smallest absolute Gasteiger partial charge is 0.251 e. The number of fused-ring (bicyclic) bond motifs is 1. The van der Waals surface area contributed by atoms with Crippen molar-refractivity contribution in [3.63, 3.8) is 0 Å². The Morgan fingerprint density at radius 2 is 1.86 bits per heavy atom. The van der Waals surface area contributed by atoms with Crippen LogP contribution >= 0.6 is 23.1 Å². The van der Waals surface area contributed by atoms with E-state index in [9.17, 15) is 4.79 Å². The Bertz CT molecular complexity index is 1110. The summed E-state index contributed by atoms with van der Waals surface area (Å²) in [6.45, 7) is 0.487. The van der Waals surface area contributed by atoms with Gasteiger partial charge in [-0.15, -0.1) is 23.1 Å². The first-order valence-electron chi connectivity index (χ1n) is 9.16. The van der Waals surface area contributed by atoms with E-state index in [4.69, 9.17) is 4.74 Å². The second kappa shape index (κ2) is 9.11. The number of benzene rings is 3. The maximum atomic E-state index is 12.5. The fourth-order valence-corrected chi connectivity index (χ4v) is 4.43. The second-order valence-corrected chi connectivity index (χ2v) is 8.29. The number of nitrogens with zero attached hydrogens (tertiary/aromatic N) is 1. The van der Waals surface area contributed by atoms with Gasteiger partial charge in [-0.2, -0.15) is 0 Å². The SMILES string of the molecule is COc1ccc2cc(CNC(=O)c3ccc(SCc4cscn4)cc3)ccc2c1. The minimum absolute atomic E-state index is 0.0733. The van der Waals surface area contributed by atoms with Crippen molar-refractivity contribution in [3.05, 3.63) is 88.4 Å². The van der Waals surface area contributed by atoms with Crippen LogP contribution in [0.15, 0.2) is 76.4 Å². The number of nitrogens with one attached hydrogen (secondary N) is 1. The number of carbonyl (C=O) groups excluding carboxylic acids is 1. The van der Waals surface area contributed by atoms with Crippen LogP contribution in [0.2, 0.25) is 0 Å². The zero-order valence-electron chi connectivity index (χ0n) is 15.9. The van der Waals surface area contributed by atoms with Crippen molar-refractivity contribution in [2.24, 2.45) is 0 Å². The van der Waals surface area contributed by atoms with Crippen molar-refractivity contribution < 1.29 is 9.53 Å². The minimum atomic E-state index is -0.0733. The number of thiazole rings is 1. The quantitative estimate of drug-likeness (QED) is 0.400. The Morgan fingerprint density at radius 3 is 2.62 bits per heavy atom. The van der Waals surface area contributed by atoms with E-state index in [0.717, 1.165) is 38.4 Å². The summed E-state index contributed by atoms with van der Waals surface area (Å²) in [4.78, 5) is 17.9. The van der Waals surface area contributed by atoms with E-state index in [2.05, 4.69) is 21.7 Å². The van der Waals surface area contributed by atoms with Crippen LogP contribution < -0.4 is 10.1 Å². The second-order valence-electron chi connectivity index (χ2n) is 6.52. The summed E-state index contributed by atoms with van der Waals surface area (Å²) >= 11 is 3.32. The Morgan fingerprint density at radius 1 is 1.07 bits per heavy atom. The van der Waals surface area contributed by atoms with Gasteiger partial charge in [0, 0.05) is 28.1 Å². The molecule has 4 rings (SSSR count). The number of aromatic nitrogens is 1. The van der Waals surface area contributed by atoms with Gasteiger partial charge in [0.2, 0.25) is 0 Å². The highest BCUT2D eigenvalue weighted by atomic mass is 32.2. The molecule has 0 saturated heterocycles. The summed E-state index contributed by atoms with van der Waals surface area (Å²) in [5.41, 5.74) is 4.64. The van der Waals surface area contributed by atoms with Crippen LogP contribution in [0, 0.1) is 0 Å². The van der Waals surface area contributed by atoms with Gasteiger partial charge < -0.3 is 10.1 Å². The van der Waals surface area contributed by atoms with Gasteiger partial charge in [-0.1, -0.05) is 18.2 Å². The average Bonchev–Trinajstić information content (AvgIpc) is 3.29. The van der Waals surface area contributed by atoms with Crippen molar-refractivity contribution in [3.8, 4) is 5.75 Å². The number of ether oxygens (including phenoxy) is 1. The van der Waals surface area contributed by atoms with Gasteiger partial charge >= 0.3 is 0 Å². The molecule has 0 saturated carbocycles. The number of hydrogen-bond acceptors (Lipinski definition) is 5. The lowest BCUT2D eigenvalue weighted by Gasteiger charge is -2.08. The first kappa shape index (κ1) is 19.5. The fourth-order valence-electron chi connectivity index (χ4n) is 2.96. The molecule has 146 valence electrons. The third kappa shape index (κ3) is 4.96. The molecule has 0 fully saturated rings. The summed E-state index contributed by atoms with van der Waals surface area (Å²) in [6, 6.07) is 19.8. The minimum Gasteiger partial charge on any atom is -0.497 e. The lowest BCUT2D eigenvalue weighted by atomic mass is 10.1. The molecule has 4 aromatic rings. The van der Waals surface area contributed by atoms with Gasteiger partial charge in [-0.05, 0) is 58.8 Å². The molecule has 0 radical (unpaired) electrons. The fraction of sp³-hybridized carbons (Fsp3) is 0.130. The van der Waals surface area contributed by atoms with Crippen LogP contribution in [0.3, 0.4) is 0 Å². The number of amides is 1. The Kier molecular flexibility index (Phi) is 6.12. The summed E-state index contributed by atoms with van der Waals surface area (Å²) in [7, 11) is 1.66. The maximum absolute atomic E-state index is 12.5. The number of thioether (sulfide) groups is 1. The van der Waals surface area contributed by atoms with Crippen molar-refractivity contribution in [1.29, 1.82) is 0 Å². The van der Waals surface area contributed by atoms with Gasteiger partial charge in [-0.3, -0.25) is 4.79 Å². The highest BCUT2D eigenvalue weighted by Crippen LogP contribution is 2.24. The molecule has 0 spiro atoms. The van der Waals surface area contributed by atoms with E-state index in [1.165, 1.54) is 0 Å². The van der Waals surface area contributed by atoms with Crippen LogP contribution in [0.4, 0.5) is 0 Å². The van der Waals surface area contributed by atoms with Gasteiger partial charge in [0.25, 0.3) is 5.91 Å². The summed E-state index contributed by atoms with van der Waals surface area (Å²) < 4.78 is 5.26. The molecule has 6 heteroatoms. The zero-order chi connectivity index (χ0) is 20.1. The molecule has 0 unspecified atom stereocenters. The number of methoxy groups -OCH3 is 1. The van der Waals surface area contributed by atoms with Gasteiger partial charge in [-0.25, -0.2) is 4.98 Å². The van der Waals surface area contributed by atoms with E-state index in [-0.39, 0.29) is 5.91 Å². The lowest BCUT2D eigenvalue weighted by Crippen LogP contribution is -2.22. The first-order valence-corrected chi connectivity index (χ1v) is 11.1. The van der Waals surface area contributed by atoms with Crippen LogP contribution in [0.1, 0.15) is 21.6 Å². The predicted molar refractivity (Wildman–Crippen MR) is 120 cm³/mol. The third-order valence-electron chi connectivity index (χ3n) is 4.55.